The fourth-order valence-corrected chi connectivity index (χ4v) is 2.80. The van der Waals surface area contributed by atoms with Crippen molar-refractivity contribution in [3.63, 3.8) is 0 Å². The number of carbonyl (C=O) groups excluding carboxylic acids is 1. The number of aryl methyl sites for hydroxylation is 1. The second-order valence-electron chi connectivity index (χ2n) is 4.72. The number of hydrogen-bond donors (Lipinski definition) is 0. The van der Waals surface area contributed by atoms with Crippen LogP contribution in [0.4, 0.5) is 5.69 Å². The maximum atomic E-state index is 11.5. The molecule has 2 nitrogen and oxygen atoms in total. The van der Waals surface area contributed by atoms with E-state index in [0.29, 0.717) is 4.83 Å². The molecule has 1 aliphatic heterocycles. The van der Waals surface area contributed by atoms with E-state index >= 15 is 0 Å². The van der Waals surface area contributed by atoms with Gasteiger partial charge in [0.2, 0.25) is 5.91 Å². The Bertz CT molecular complexity index is 428. The first-order valence-electron chi connectivity index (χ1n) is 6.12. The van der Waals surface area contributed by atoms with Gasteiger partial charge in [0.25, 0.3) is 0 Å². The SMILES string of the molecule is CC(=O)N1CCCc2cc(CC(C)Br)ccc21. The van der Waals surface area contributed by atoms with Crippen LogP contribution >= 0.6 is 15.9 Å². The smallest absolute Gasteiger partial charge is 0.223 e. The molecule has 0 bridgehead atoms. The van der Waals surface area contributed by atoms with E-state index in [4.69, 9.17) is 0 Å². The van der Waals surface area contributed by atoms with Crippen LogP contribution in [0, 0.1) is 0 Å². The largest absolute Gasteiger partial charge is 0.312 e. The molecule has 0 saturated carbocycles. The van der Waals surface area contributed by atoms with Crippen LogP contribution in [0.1, 0.15) is 31.4 Å². The Hall–Kier alpha value is -0.830. The van der Waals surface area contributed by atoms with Gasteiger partial charge in [0.05, 0.1) is 0 Å². The van der Waals surface area contributed by atoms with Gasteiger partial charge in [-0.15, -0.1) is 0 Å². The summed E-state index contributed by atoms with van der Waals surface area (Å²) in [5, 5.41) is 0. The number of hydrogen-bond acceptors (Lipinski definition) is 1. The van der Waals surface area contributed by atoms with E-state index in [9.17, 15) is 4.79 Å². The zero-order chi connectivity index (χ0) is 12.4. The second kappa shape index (κ2) is 5.21. The third-order valence-electron chi connectivity index (χ3n) is 3.16. The molecule has 92 valence electrons. The molecule has 0 N–H and O–H groups in total. The Balaban J connectivity index is 2.29. The Labute approximate surface area is 111 Å². The van der Waals surface area contributed by atoms with Crippen LogP contribution in [0.25, 0.3) is 0 Å². The van der Waals surface area contributed by atoms with Crippen molar-refractivity contribution in [1.29, 1.82) is 0 Å². The van der Waals surface area contributed by atoms with Crippen molar-refractivity contribution in [2.24, 2.45) is 0 Å². The lowest BCUT2D eigenvalue weighted by Crippen LogP contribution is -2.33. The van der Waals surface area contributed by atoms with Gasteiger partial charge in [-0.3, -0.25) is 4.79 Å². The molecule has 1 aromatic rings. The first-order valence-corrected chi connectivity index (χ1v) is 7.03. The van der Waals surface area contributed by atoms with E-state index in [1.54, 1.807) is 6.92 Å². The van der Waals surface area contributed by atoms with Gasteiger partial charge < -0.3 is 4.90 Å². The highest BCUT2D eigenvalue weighted by Crippen LogP contribution is 2.28. The molecule has 0 aromatic heterocycles. The summed E-state index contributed by atoms with van der Waals surface area (Å²) in [5.41, 5.74) is 3.77. The maximum Gasteiger partial charge on any atom is 0.223 e. The van der Waals surface area contributed by atoms with Crippen LogP contribution in [0.5, 0.6) is 0 Å². The van der Waals surface area contributed by atoms with Gasteiger partial charge in [0, 0.05) is 24.0 Å². The molecule has 17 heavy (non-hydrogen) atoms. The Morgan fingerprint density at radius 1 is 1.53 bits per heavy atom. The summed E-state index contributed by atoms with van der Waals surface area (Å²) in [6.07, 6.45) is 3.19. The molecule has 1 heterocycles. The number of alkyl halides is 1. The van der Waals surface area contributed by atoms with Crippen LogP contribution in [0.15, 0.2) is 18.2 Å². The number of carbonyl (C=O) groups is 1. The Kier molecular flexibility index (Phi) is 3.87. The molecule has 1 unspecified atom stereocenters. The minimum atomic E-state index is 0.146. The average molecular weight is 296 g/mol. The summed E-state index contributed by atoms with van der Waals surface area (Å²) in [4.78, 5) is 13.9. The maximum absolute atomic E-state index is 11.5. The summed E-state index contributed by atoms with van der Waals surface area (Å²) in [5.74, 6) is 0.146. The van der Waals surface area contributed by atoms with Crippen LogP contribution < -0.4 is 4.90 Å². The molecule has 0 fully saturated rings. The van der Waals surface area contributed by atoms with Gasteiger partial charge >= 0.3 is 0 Å². The first kappa shape index (κ1) is 12.6. The van der Waals surface area contributed by atoms with Crippen molar-refractivity contribution < 1.29 is 4.79 Å². The number of anilines is 1. The van der Waals surface area contributed by atoms with Crippen molar-refractivity contribution >= 4 is 27.5 Å². The number of amides is 1. The van der Waals surface area contributed by atoms with Crippen LogP contribution in [-0.4, -0.2) is 17.3 Å². The Morgan fingerprint density at radius 3 is 2.94 bits per heavy atom. The minimum absolute atomic E-state index is 0.146. The minimum Gasteiger partial charge on any atom is -0.312 e. The molecular weight excluding hydrogens is 278 g/mol. The number of halogens is 1. The average Bonchev–Trinajstić information content (AvgIpc) is 2.26. The summed E-state index contributed by atoms with van der Waals surface area (Å²) in [7, 11) is 0. The van der Waals surface area contributed by atoms with Gasteiger partial charge in [-0.05, 0) is 36.5 Å². The second-order valence-corrected chi connectivity index (χ2v) is 6.29. The molecule has 1 aliphatic rings. The highest BCUT2D eigenvalue weighted by Gasteiger charge is 2.19. The number of benzene rings is 1. The summed E-state index contributed by atoms with van der Waals surface area (Å²) < 4.78 is 0. The first-order chi connectivity index (χ1) is 8.08. The van der Waals surface area contributed by atoms with Crippen LogP contribution in [-0.2, 0) is 17.6 Å². The molecule has 1 amide bonds. The molecular formula is C14H18BrNO. The molecule has 3 heteroatoms. The molecule has 0 spiro atoms. The van der Waals surface area contributed by atoms with Crippen molar-refractivity contribution in [3.05, 3.63) is 29.3 Å². The van der Waals surface area contributed by atoms with Crippen LogP contribution in [0.2, 0.25) is 0 Å². The lowest BCUT2D eigenvalue weighted by molar-refractivity contribution is -0.116. The van der Waals surface area contributed by atoms with Gasteiger partial charge in [-0.25, -0.2) is 0 Å². The number of nitrogens with zero attached hydrogens (tertiary/aromatic N) is 1. The molecule has 1 atom stereocenters. The van der Waals surface area contributed by atoms with Gasteiger partial charge in [0.15, 0.2) is 0 Å². The molecule has 2 rings (SSSR count). The fourth-order valence-electron chi connectivity index (χ4n) is 2.43. The number of fused-ring (bicyclic) bond motifs is 1. The molecule has 0 saturated heterocycles. The quantitative estimate of drug-likeness (QED) is 0.767. The van der Waals surface area contributed by atoms with E-state index in [-0.39, 0.29) is 5.91 Å². The van der Waals surface area contributed by atoms with E-state index < -0.39 is 0 Å². The van der Waals surface area contributed by atoms with E-state index in [1.165, 1.54) is 11.1 Å². The van der Waals surface area contributed by atoms with Gasteiger partial charge in [0.1, 0.15) is 0 Å². The predicted octanol–water partition coefficient (Wildman–Crippen LogP) is 3.31. The summed E-state index contributed by atoms with van der Waals surface area (Å²) in [6.45, 7) is 4.65. The van der Waals surface area contributed by atoms with E-state index in [2.05, 4.69) is 41.1 Å². The molecule has 0 radical (unpaired) electrons. The lowest BCUT2D eigenvalue weighted by Gasteiger charge is -2.29. The third kappa shape index (κ3) is 2.89. The monoisotopic (exact) mass is 295 g/mol. The predicted molar refractivity (Wildman–Crippen MR) is 74.9 cm³/mol. The Morgan fingerprint density at radius 2 is 2.29 bits per heavy atom. The lowest BCUT2D eigenvalue weighted by atomic mass is 9.97. The topological polar surface area (TPSA) is 20.3 Å². The van der Waals surface area contributed by atoms with Gasteiger partial charge in [-0.2, -0.15) is 0 Å². The summed E-state index contributed by atoms with van der Waals surface area (Å²) in [6, 6.07) is 6.49. The molecule has 0 aliphatic carbocycles. The fraction of sp³-hybridized carbons (Fsp3) is 0.500. The molecule has 1 aromatic carbocycles. The standard InChI is InChI=1S/C14H18BrNO/c1-10(15)8-12-5-6-14-13(9-12)4-3-7-16(14)11(2)17/h5-6,9-10H,3-4,7-8H2,1-2H3. The van der Waals surface area contributed by atoms with Crippen molar-refractivity contribution in [1.82, 2.24) is 0 Å². The van der Waals surface area contributed by atoms with Crippen molar-refractivity contribution in [2.45, 2.75) is 37.9 Å². The van der Waals surface area contributed by atoms with Gasteiger partial charge in [-0.1, -0.05) is 35.0 Å². The van der Waals surface area contributed by atoms with Crippen molar-refractivity contribution in [2.75, 3.05) is 11.4 Å². The highest BCUT2D eigenvalue weighted by molar-refractivity contribution is 9.09. The summed E-state index contributed by atoms with van der Waals surface area (Å²) >= 11 is 3.58. The van der Waals surface area contributed by atoms with Crippen molar-refractivity contribution in [3.8, 4) is 0 Å². The van der Waals surface area contributed by atoms with E-state index in [0.717, 1.165) is 31.5 Å². The normalized spacial score (nSPS) is 16.5. The van der Waals surface area contributed by atoms with Crippen LogP contribution in [0.3, 0.4) is 0 Å². The zero-order valence-corrected chi connectivity index (χ0v) is 12.0. The number of rotatable bonds is 2. The highest BCUT2D eigenvalue weighted by atomic mass is 79.9. The zero-order valence-electron chi connectivity index (χ0n) is 10.4. The third-order valence-corrected chi connectivity index (χ3v) is 3.48. The van der Waals surface area contributed by atoms with E-state index in [1.807, 2.05) is 4.90 Å².